The van der Waals surface area contributed by atoms with Crippen LogP contribution in [0.4, 0.5) is 0 Å². The maximum atomic E-state index is 12.4. The van der Waals surface area contributed by atoms with Gasteiger partial charge in [0.15, 0.2) is 0 Å². The first-order valence-corrected chi connectivity index (χ1v) is 8.85. The Morgan fingerprint density at radius 1 is 1.04 bits per heavy atom. The number of aromatic hydroxyl groups is 1. The van der Waals surface area contributed by atoms with Crippen LogP contribution in [0.15, 0.2) is 63.4 Å². The summed E-state index contributed by atoms with van der Waals surface area (Å²) in [6.07, 6.45) is 3.20. The molecule has 0 aliphatic heterocycles. The van der Waals surface area contributed by atoms with Gasteiger partial charge in [0.1, 0.15) is 10.6 Å². The van der Waals surface area contributed by atoms with Crippen molar-refractivity contribution >= 4 is 37.5 Å². The molecule has 4 rings (SSSR count). The van der Waals surface area contributed by atoms with Gasteiger partial charge < -0.3 is 10.1 Å². The van der Waals surface area contributed by atoms with Gasteiger partial charge in [-0.3, -0.25) is 9.78 Å². The van der Waals surface area contributed by atoms with E-state index >= 15 is 0 Å². The summed E-state index contributed by atoms with van der Waals surface area (Å²) in [5.74, 6) is -0.000816. The standard InChI is InChI=1S/C18H11BrN2O2S/c19-12-3-1-10(2-4-12)13-9-24-18-15(13)16(22)14(17(23)21-18)11-5-7-20-8-6-11/h1-9H,(H2,21,22,23). The molecule has 118 valence electrons. The van der Waals surface area contributed by atoms with Crippen LogP contribution in [0.3, 0.4) is 0 Å². The molecule has 0 amide bonds. The lowest BCUT2D eigenvalue weighted by molar-refractivity contribution is 0.483. The van der Waals surface area contributed by atoms with Gasteiger partial charge in [-0.05, 0) is 35.4 Å². The number of nitrogens with one attached hydrogen (secondary N) is 1. The molecule has 4 nitrogen and oxygen atoms in total. The summed E-state index contributed by atoms with van der Waals surface area (Å²) in [7, 11) is 0. The number of thiophene rings is 1. The highest BCUT2D eigenvalue weighted by Gasteiger charge is 2.18. The summed E-state index contributed by atoms with van der Waals surface area (Å²) in [6.45, 7) is 0. The first kappa shape index (κ1) is 15.1. The second-order valence-corrected chi connectivity index (χ2v) is 7.07. The van der Waals surface area contributed by atoms with Crippen molar-refractivity contribution in [3.8, 4) is 28.0 Å². The van der Waals surface area contributed by atoms with E-state index in [-0.39, 0.29) is 16.9 Å². The Bertz CT molecular complexity index is 1090. The third-order valence-electron chi connectivity index (χ3n) is 3.84. The normalized spacial score (nSPS) is 11.0. The Labute approximate surface area is 149 Å². The Morgan fingerprint density at radius 3 is 2.46 bits per heavy atom. The van der Waals surface area contributed by atoms with Crippen molar-refractivity contribution in [2.45, 2.75) is 0 Å². The van der Waals surface area contributed by atoms with Crippen molar-refractivity contribution in [1.82, 2.24) is 9.97 Å². The lowest BCUT2D eigenvalue weighted by atomic mass is 10.0. The van der Waals surface area contributed by atoms with Gasteiger partial charge in [-0.15, -0.1) is 11.3 Å². The van der Waals surface area contributed by atoms with Crippen LogP contribution in [-0.2, 0) is 0 Å². The third-order valence-corrected chi connectivity index (χ3v) is 5.27. The maximum absolute atomic E-state index is 12.4. The lowest BCUT2D eigenvalue weighted by Crippen LogP contribution is -2.08. The maximum Gasteiger partial charge on any atom is 0.260 e. The van der Waals surface area contributed by atoms with E-state index in [0.717, 1.165) is 15.6 Å². The minimum absolute atomic E-state index is 0.000816. The smallest absolute Gasteiger partial charge is 0.260 e. The molecule has 0 atom stereocenters. The Balaban J connectivity index is 2.02. The fraction of sp³-hybridized carbons (Fsp3) is 0. The minimum Gasteiger partial charge on any atom is -0.506 e. The SMILES string of the molecule is O=c1[nH]c2scc(-c3ccc(Br)cc3)c2c(O)c1-c1ccncc1. The van der Waals surface area contributed by atoms with Crippen LogP contribution >= 0.6 is 27.3 Å². The van der Waals surface area contributed by atoms with Crippen LogP contribution in [0.1, 0.15) is 0 Å². The number of rotatable bonds is 2. The number of H-pyrrole nitrogens is 1. The molecular weight excluding hydrogens is 388 g/mol. The quantitative estimate of drug-likeness (QED) is 0.510. The van der Waals surface area contributed by atoms with Crippen LogP contribution < -0.4 is 5.56 Å². The van der Waals surface area contributed by atoms with Gasteiger partial charge in [0.2, 0.25) is 0 Å². The lowest BCUT2D eigenvalue weighted by Gasteiger charge is -2.07. The number of pyridine rings is 2. The average Bonchev–Trinajstić information content (AvgIpc) is 3.00. The molecule has 1 aromatic carbocycles. The van der Waals surface area contributed by atoms with Gasteiger partial charge >= 0.3 is 0 Å². The van der Waals surface area contributed by atoms with Crippen LogP contribution in [0.5, 0.6) is 5.75 Å². The molecule has 0 aliphatic carbocycles. The second-order valence-electron chi connectivity index (χ2n) is 5.27. The molecule has 0 fully saturated rings. The number of aromatic nitrogens is 2. The molecule has 0 saturated heterocycles. The summed E-state index contributed by atoms with van der Waals surface area (Å²) >= 11 is 4.83. The van der Waals surface area contributed by atoms with E-state index in [1.807, 2.05) is 29.6 Å². The number of hydrogen-bond acceptors (Lipinski definition) is 4. The Hall–Kier alpha value is -2.44. The summed E-state index contributed by atoms with van der Waals surface area (Å²) in [5, 5.41) is 13.4. The predicted molar refractivity (Wildman–Crippen MR) is 100 cm³/mol. The van der Waals surface area contributed by atoms with E-state index in [4.69, 9.17) is 0 Å². The van der Waals surface area contributed by atoms with E-state index in [9.17, 15) is 9.90 Å². The summed E-state index contributed by atoms with van der Waals surface area (Å²) in [6, 6.07) is 11.3. The molecular formula is C18H11BrN2O2S. The minimum atomic E-state index is -0.310. The highest BCUT2D eigenvalue weighted by molar-refractivity contribution is 9.10. The zero-order valence-corrected chi connectivity index (χ0v) is 14.7. The number of fused-ring (bicyclic) bond motifs is 1. The molecule has 0 aliphatic rings. The van der Waals surface area contributed by atoms with E-state index in [2.05, 4.69) is 25.9 Å². The van der Waals surface area contributed by atoms with Crippen LogP contribution in [0.2, 0.25) is 0 Å². The predicted octanol–water partition coefficient (Wildman–Crippen LogP) is 4.79. The monoisotopic (exact) mass is 398 g/mol. The van der Waals surface area contributed by atoms with E-state index in [1.54, 1.807) is 24.5 Å². The van der Waals surface area contributed by atoms with Crippen LogP contribution in [0, 0.1) is 0 Å². The van der Waals surface area contributed by atoms with E-state index in [1.165, 1.54) is 11.3 Å². The number of aromatic amines is 1. The number of benzene rings is 1. The van der Waals surface area contributed by atoms with Gasteiger partial charge in [0.05, 0.1) is 10.9 Å². The highest BCUT2D eigenvalue weighted by atomic mass is 79.9. The number of halogens is 1. The Kier molecular flexibility index (Phi) is 3.70. The molecule has 3 aromatic heterocycles. The molecule has 3 heterocycles. The topological polar surface area (TPSA) is 66.0 Å². The first-order chi connectivity index (χ1) is 11.6. The fourth-order valence-corrected chi connectivity index (χ4v) is 3.94. The van der Waals surface area contributed by atoms with Gasteiger partial charge in [0, 0.05) is 27.8 Å². The van der Waals surface area contributed by atoms with Crippen molar-refractivity contribution in [2.75, 3.05) is 0 Å². The molecule has 6 heteroatoms. The van der Waals surface area contributed by atoms with E-state index < -0.39 is 0 Å². The van der Waals surface area contributed by atoms with Crippen LogP contribution in [-0.4, -0.2) is 15.1 Å². The van der Waals surface area contributed by atoms with Crippen molar-refractivity contribution in [3.05, 3.63) is 69.0 Å². The van der Waals surface area contributed by atoms with Crippen molar-refractivity contribution in [3.63, 3.8) is 0 Å². The molecule has 0 bridgehead atoms. The second kappa shape index (κ2) is 5.89. The zero-order valence-electron chi connectivity index (χ0n) is 12.3. The van der Waals surface area contributed by atoms with E-state index in [0.29, 0.717) is 15.8 Å². The molecule has 24 heavy (non-hydrogen) atoms. The largest absolute Gasteiger partial charge is 0.506 e. The van der Waals surface area contributed by atoms with Gasteiger partial charge in [-0.1, -0.05) is 28.1 Å². The van der Waals surface area contributed by atoms with Gasteiger partial charge in [-0.25, -0.2) is 0 Å². The van der Waals surface area contributed by atoms with Crippen molar-refractivity contribution in [1.29, 1.82) is 0 Å². The average molecular weight is 399 g/mol. The Morgan fingerprint density at radius 2 is 1.75 bits per heavy atom. The molecule has 0 spiro atoms. The van der Waals surface area contributed by atoms with Crippen LogP contribution in [0.25, 0.3) is 32.5 Å². The summed E-state index contributed by atoms with van der Waals surface area (Å²) < 4.78 is 0.987. The molecule has 4 aromatic rings. The zero-order chi connectivity index (χ0) is 16.7. The van der Waals surface area contributed by atoms with Crippen molar-refractivity contribution < 1.29 is 5.11 Å². The highest BCUT2D eigenvalue weighted by Crippen LogP contribution is 2.41. The molecule has 0 unspecified atom stereocenters. The first-order valence-electron chi connectivity index (χ1n) is 7.18. The van der Waals surface area contributed by atoms with Crippen molar-refractivity contribution in [2.24, 2.45) is 0 Å². The summed E-state index contributed by atoms with van der Waals surface area (Å²) in [5.41, 5.74) is 2.47. The molecule has 0 radical (unpaired) electrons. The fourth-order valence-electron chi connectivity index (χ4n) is 2.71. The molecule has 0 saturated carbocycles. The van der Waals surface area contributed by atoms with Gasteiger partial charge in [-0.2, -0.15) is 0 Å². The number of hydrogen-bond donors (Lipinski definition) is 2. The third kappa shape index (κ3) is 2.44. The molecule has 2 N–H and O–H groups in total. The summed E-state index contributed by atoms with van der Waals surface area (Å²) in [4.78, 5) is 19.9. The number of nitrogens with zero attached hydrogens (tertiary/aromatic N) is 1. The van der Waals surface area contributed by atoms with Gasteiger partial charge in [0.25, 0.3) is 5.56 Å².